The summed E-state index contributed by atoms with van der Waals surface area (Å²) >= 11 is 5.93. The Labute approximate surface area is 121 Å². The van der Waals surface area contributed by atoms with E-state index in [1.54, 1.807) is 0 Å². The fourth-order valence-electron chi connectivity index (χ4n) is 2.90. The van der Waals surface area contributed by atoms with Crippen molar-refractivity contribution in [3.63, 3.8) is 0 Å². The van der Waals surface area contributed by atoms with Gasteiger partial charge in [-0.05, 0) is 49.4 Å². The van der Waals surface area contributed by atoms with E-state index < -0.39 is 0 Å². The van der Waals surface area contributed by atoms with Gasteiger partial charge in [0, 0.05) is 24.2 Å². The lowest BCUT2D eigenvalue weighted by atomic mass is 9.93. The smallest absolute Gasteiger partial charge is 0.0457 e. The largest absolute Gasteiger partial charge is 0.396 e. The lowest BCUT2D eigenvalue weighted by Crippen LogP contribution is -2.40. The molecule has 2 rings (SSSR count). The molecule has 2 nitrogen and oxygen atoms in total. The summed E-state index contributed by atoms with van der Waals surface area (Å²) in [4.78, 5) is 2.57. The second-order valence-electron chi connectivity index (χ2n) is 5.77. The predicted octanol–water partition coefficient (Wildman–Crippen LogP) is 3.71. The zero-order valence-electron chi connectivity index (χ0n) is 11.7. The van der Waals surface area contributed by atoms with E-state index in [9.17, 15) is 5.11 Å². The fraction of sp³-hybridized carbons (Fsp3) is 0.625. The van der Waals surface area contributed by atoms with Crippen LogP contribution in [0.4, 0.5) is 0 Å². The molecule has 1 fully saturated rings. The monoisotopic (exact) mass is 281 g/mol. The molecule has 0 spiro atoms. The number of nitrogens with zero attached hydrogens (tertiary/aromatic N) is 1. The number of aliphatic hydroxyl groups excluding tert-OH is 1. The van der Waals surface area contributed by atoms with Gasteiger partial charge >= 0.3 is 0 Å². The van der Waals surface area contributed by atoms with Crippen molar-refractivity contribution in [2.75, 3.05) is 13.2 Å². The number of hydrogen-bond donors (Lipinski definition) is 1. The summed E-state index contributed by atoms with van der Waals surface area (Å²) < 4.78 is 0. The minimum Gasteiger partial charge on any atom is -0.396 e. The van der Waals surface area contributed by atoms with Crippen LogP contribution >= 0.6 is 11.6 Å². The van der Waals surface area contributed by atoms with Crippen LogP contribution in [0.2, 0.25) is 5.02 Å². The molecular formula is C16H24ClNO. The molecule has 1 saturated heterocycles. The van der Waals surface area contributed by atoms with Crippen molar-refractivity contribution in [2.24, 2.45) is 5.92 Å². The van der Waals surface area contributed by atoms with E-state index in [1.165, 1.54) is 31.4 Å². The molecule has 0 aliphatic carbocycles. The minimum atomic E-state index is 0.297. The molecule has 0 aromatic heterocycles. The molecule has 2 unspecified atom stereocenters. The van der Waals surface area contributed by atoms with Crippen molar-refractivity contribution in [3.05, 3.63) is 34.9 Å². The first kappa shape index (κ1) is 14.8. The maximum atomic E-state index is 9.24. The highest BCUT2D eigenvalue weighted by Crippen LogP contribution is 2.25. The molecule has 1 aliphatic rings. The molecule has 0 radical (unpaired) electrons. The Morgan fingerprint density at radius 1 is 1.32 bits per heavy atom. The third-order valence-electron chi connectivity index (χ3n) is 4.03. The number of likely N-dealkylation sites (tertiary alicyclic amines) is 1. The van der Waals surface area contributed by atoms with Crippen LogP contribution < -0.4 is 0 Å². The topological polar surface area (TPSA) is 23.5 Å². The molecule has 0 amide bonds. The molecule has 1 aliphatic heterocycles. The molecular weight excluding hydrogens is 258 g/mol. The van der Waals surface area contributed by atoms with Crippen molar-refractivity contribution in [1.82, 2.24) is 4.90 Å². The highest BCUT2D eigenvalue weighted by Gasteiger charge is 2.23. The minimum absolute atomic E-state index is 0.297. The summed E-state index contributed by atoms with van der Waals surface area (Å²) in [5.74, 6) is 0.399. The molecule has 1 aromatic carbocycles. The average Bonchev–Trinajstić information content (AvgIpc) is 2.43. The van der Waals surface area contributed by atoms with Crippen molar-refractivity contribution in [2.45, 2.75) is 45.2 Å². The van der Waals surface area contributed by atoms with Crippen LogP contribution in [-0.2, 0) is 6.54 Å². The Morgan fingerprint density at radius 3 is 2.74 bits per heavy atom. The number of halogens is 1. The maximum absolute atomic E-state index is 9.24. The number of rotatable bonds is 5. The van der Waals surface area contributed by atoms with Crippen LogP contribution in [0.25, 0.3) is 0 Å². The summed E-state index contributed by atoms with van der Waals surface area (Å²) in [6, 6.07) is 8.78. The Morgan fingerprint density at radius 2 is 2.05 bits per heavy atom. The Hall–Kier alpha value is -0.570. The van der Waals surface area contributed by atoms with E-state index in [-0.39, 0.29) is 0 Å². The van der Waals surface area contributed by atoms with E-state index >= 15 is 0 Å². The second kappa shape index (κ2) is 7.28. The first-order valence-corrected chi connectivity index (χ1v) is 7.66. The fourth-order valence-corrected chi connectivity index (χ4v) is 3.02. The highest BCUT2D eigenvalue weighted by atomic mass is 35.5. The summed E-state index contributed by atoms with van der Waals surface area (Å²) in [5, 5.41) is 10.0. The van der Waals surface area contributed by atoms with E-state index in [4.69, 9.17) is 11.6 Å². The van der Waals surface area contributed by atoms with Gasteiger partial charge in [-0.15, -0.1) is 0 Å². The van der Waals surface area contributed by atoms with E-state index in [1.807, 2.05) is 12.1 Å². The highest BCUT2D eigenvalue weighted by molar-refractivity contribution is 6.30. The van der Waals surface area contributed by atoms with E-state index in [0.717, 1.165) is 18.0 Å². The number of aliphatic hydroxyl groups is 1. The molecule has 1 heterocycles. The van der Waals surface area contributed by atoms with Crippen LogP contribution in [0.1, 0.15) is 38.2 Å². The van der Waals surface area contributed by atoms with Gasteiger partial charge in [-0.25, -0.2) is 0 Å². The summed E-state index contributed by atoms with van der Waals surface area (Å²) in [6.45, 7) is 4.60. The van der Waals surface area contributed by atoms with Crippen LogP contribution in [0.3, 0.4) is 0 Å². The number of piperidine rings is 1. The van der Waals surface area contributed by atoms with Crippen LogP contribution in [0.15, 0.2) is 24.3 Å². The molecule has 1 N–H and O–H groups in total. The van der Waals surface area contributed by atoms with Crippen LogP contribution in [-0.4, -0.2) is 29.2 Å². The van der Waals surface area contributed by atoms with Crippen molar-refractivity contribution >= 4 is 11.6 Å². The molecule has 0 bridgehead atoms. The average molecular weight is 282 g/mol. The Balaban J connectivity index is 1.97. The third-order valence-corrected chi connectivity index (χ3v) is 4.29. The quantitative estimate of drug-likeness (QED) is 0.889. The molecule has 0 saturated carbocycles. The Bertz CT molecular complexity index is 379. The van der Waals surface area contributed by atoms with Crippen LogP contribution in [0.5, 0.6) is 0 Å². The maximum Gasteiger partial charge on any atom is 0.0457 e. The van der Waals surface area contributed by atoms with Crippen molar-refractivity contribution in [3.8, 4) is 0 Å². The summed E-state index contributed by atoms with van der Waals surface area (Å²) in [5.41, 5.74) is 1.33. The molecule has 106 valence electrons. The van der Waals surface area contributed by atoms with Crippen molar-refractivity contribution < 1.29 is 5.11 Å². The SMILES string of the molecule is CC(CO)CC1CCCCN1Cc1ccc(Cl)cc1. The summed E-state index contributed by atoms with van der Waals surface area (Å²) in [6.07, 6.45) is 4.97. The van der Waals surface area contributed by atoms with Gasteiger partial charge in [0.25, 0.3) is 0 Å². The van der Waals surface area contributed by atoms with Gasteiger partial charge in [-0.1, -0.05) is 37.1 Å². The number of hydrogen-bond acceptors (Lipinski definition) is 2. The molecule has 2 atom stereocenters. The lowest BCUT2D eigenvalue weighted by Gasteiger charge is -2.37. The molecule has 1 aromatic rings. The van der Waals surface area contributed by atoms with Gasteiger partial charge in [0.15, 0.2) is 0 Å². The standard InChI is InChI=1S/C16H24ClNO/c1-13(12-19)10-16-4-2-3-9-18(16)11-14-5-7-15(17)8-6-14/h5-8,13,16,19H,2-4,9-12H2,1H3. The summed E-state index contributed by atoms with van der Waals surface area (Å²) in [7, 11) is 0. The van der Waals surface area contributed by atoms with Gasteiger partial charge in [-0.2, -0.15) is 0 Å². The predicted molar refractivity (Wildman–Crippen MR) is 80.4 cm³/mol. The first-order valence-electron chi connectivity index (χ1n) is 7.28. The normalized spacial score (nSPS) is 22.4. The van der Waals surface area contributed by atoms with E-state index in [2.05, 4.69) is 24.0 Å². The van der Waals surface area contributed by atoms with Crippen molar-refractivity contribution in [1.29, 1.82) is 0 Å². The Kier molecular flexibility index (Phi) is 5.68. The number of benzene rings is 1. The van der Waals surface area contributed by atoms with Gasteiger partial charge < -0.3 is 5.11 Å². The van der Waals surface area contributed by atoms with Gasteiger partial charge in [0.05, 0.1) is 0 Å². The van der Waals surface area contributed by atoms with Gasteiger partial charge in [0.2, 0.25) is 0 Å². The van der Waals surface area contributed by atoms with E-state index in [0.29, 0.717) is 18.6 Å². The lowest BCUT2D eigenvalue weighted by molar-refractivity contribution is 0.105. The third kappa shape index (κ3) is 4.48. The van der Waals surface area contributed by atoms with Crippen LogP contribution in [0, 0.1) is 5.92 Å². The second-order valence-corrected chi connectivity index (χ2v) is 6.21. The first-order chi connectivity index (χ1) is 9.19. The molecule has 3 heteroatoms. The zero-order chi connectivity index (χ0) is 13.7. The molecule has 19 heavy (non-hydrogen) atoms. The van der Waals surface area contributed by atoms with Gasteiger partial charge in [0.1, 0.15) is 0 Å². The zero-order valence-corrected chi connectivity index (χ0v) is 12.4. The van der Waals surface area contributed by atoms with Gasteiger partial charge in [-0.3, -0.25) is 4.90 Å².